The maximum atomic E-state index is 12.8. The van der Waals surface area contributed by atoms with Gasteiger partial charge in [-0.15, -0.1) is 17.0 Å². The summed E-state index contributed by atoms with van der Waals surface area (Å²) in [7, 11) is 1.59. The maximum Gasteiger partial charge on any atom is 0.401 e. The van der Waals surface area contributed by atoms with E-state index < -0.39 is 12.7 Å². The zero-order valence-electron chi connectivity index (χ0n) is 15.7. The quantitative estimate of drug-likeness (QED) is 0.583. The number of methoxy groups -OCH3 is 1. The summed E-state index contributed by atoms with van der Waals surface area (Å²) in [6.07, 6.45) is -3.49. The van der Waals surface area contributed by atoms with Crippen molar-refractivity contribution in [1.82, 2.24) is 4.90 Å². The summed E-state index contributed by atoms with van der Waals surface area (Å²) in [6.45, 7) is 0.321. The molecule has 0 radical (unpaired) electrons. The molecular weight excluding hydrogens is 435 g/mol. The van der Waals surface area contributed by atoms with E-state index in [-0.39, 0.29) is 28.8 Å². The first kappa shape index (κ1) is 22.6. The molecule has 0 spiro atoms. The summed E-state index contributed by atoms with van der Waals surface area (Å²) in [6, 6.07) is 17.2. The van der Waals surface area contributed by atoms with Crippen molar-refractivity contribution in [3.05, 3.63) is 60.2 Å². The van der Waals surface area contributed by atoms with Gasteiger partial charge in [0.2, 0.25) is 0 Å². The summed E-state index contributed by atoms with van der Waals surface area (Å²) >= 11 is 0. The van der Waals surface area contributed by atoms with Crippen LogP contribution in [0.3, 0.4) is 0 Å². The minimum Gasteiger partial charge on any atom is -0.497 e. The first-order chi connectivity index (χ1) is 12.9. The molecule has 3 rings (SSSR count). The van der Waals surface area contributed by atoms with Crippen LogP contribution in [-0.4, -0.2) is 44.4 Å². The molecule has 0 saturated carbocycles. The average molecular weight is 460 g/mol. The van der Waals surface area contributed by atoms with E-state index in [1.54, 1.807) is 19.2 Å². The molecule has 7 heteroatoms. The Morgan fingerprint density at radius 2 is 1.64 bits per heavy atom. The molecule has 2 aromatic rings. The molecule has 2 aromatic carbocycles. The first-order valence-corrected chi connectivity index (χ1v) is 9.05. The van der Waals surface area contributed by atoms with Gasteiger partial charge in [-0.2, -0.15) is 13.2 Å². The summed E-state index contributed by atoms with van der Waals surface area (Å²) < 4.78 is 49.5. The van der Waals surface area contributed by atoms with Crippen molar-refractivity contribution in [2.45, 2.75) is 18.5 Å². The van der Waals surface area contributed by atoms with Crippen LogP contribution in [0.15, 0.2) is 54.6 Å². The van der Waals surface area contributed by atoms with Gasteiger partial charge in [-0.3, -0.25) is 4.90 Å². The van der Waals surface area contributed by atoms with Crippen LogP contribution >= 0.6 is 17.0 Å². The molecule has 1 heterocycles. The molecule has 1 aliphatic rings. The normalized spacial score (nSPS) is 20.3. The van der Waals surface area contributed by atoms with Crippen molar-refractivity contribution >= 4 is 17.0 Å². The lowest BCUT2D eigenvalue weighted by Crippen LogP contribution is -2.45. The van der Waals surface area contributed by atoms with E-state index in [0.717, 1.165) is 11.3 Å². The highest BCUT2D eigenvalue weighted by Crippen LogP contribution is 2.34. The Labute approximate surface area is 174 Å². The molecule has 3 nitrogen and oxygen atoms in total. The fourth-order valence-corrected chi connectivity index (χ4v) is 3.69. The van der Waals surface area contributed by atoms with Crippen LogP contribution in [0.4, 0.5) is 13.2 Å². The molecule has 1 fully saturated rings. The lowest BCUT2D eigenvalue weighted by molar-refractivity contribution is -0.150. The molecule has 154 valence electrons. The van der Waals surface area contributed by atoms with Gasteiger partial charge < -0.3 is 9.47 Å². The van der Waals surface area contributed by atoms with Crippen LogP contribution in [0.1, 0.15) is 17.9 Å². The predicted octanol–water partition coefficient (Wildman–Crippen LogP) is 5.32. The summed E-state index contributed by atoms with van der Waals surface area (Å²) in [5.74, 6) is 1.61. The van der Waals surface area contributed by atoms with E-state index >= 15 is 0 Å². The van der Waals surface area contributed by atoms with Crippen LogP contribution in [0.2, 0.25) is 0 Å². The molecule has 0 amide bonds. The second-order valence-electron chi connectivity index (χ2n) is 6.90. The van der Waals surface area contributed by atoms with Crippen molar-refractivity contribution in [2.24, 2.45) is 5.92 Å². The van der Waals surface area contributed by atoms with Crippen LogP contribution in [0.5, 0.6) is 11.5 Å². The molecule has 0 N–H and O–H groups in total. The highest BCUT2D eigenvalue weighted by molar-refractivity contribution is 8.93. The van der Waals surface area contributed by atoms with E-state index in [1.165, 1.54) is 4.90 Å². The number of hydrogen-bond donors (Lipinski definition) is 0. The number of ether oxygens (including phenoxy) is 2. The SMILES string of the molecule is Br.COc1ccc(OC[C@@H]2CN(CC(F)(F)F)CC[C@@H]2c2ccccc2)cc1. The predicted molar refractivity (Wildman–Crippen MR) is 109 cm³/mol. The van der Waals surface area contributed by atoms with Gasteiger partial charge in [0, 0.05) is 12.5 Å². The van der Waals surface area contributed by atoms with Gasteiger partial charge in [0.05, 0.1) is 20.3 Å². The molecule has 2 atom stereocenters. The van der Waals surface area contributed by atoms with Gasteiger partial charge in [-0.05, 0) is 48.7 Å². The highest BCUT2D eigenvalue weighted by Gasteiger charge is 2.36. The molecular formula is C21H25BrF3NO2. The maximum absolute atomic E-state index is 12.8. The van der Waals surface area contributed by atoms with E-state index in [0.29, 0.717) is 31.9 Å². The highest BCUT2D eigenvalue weighted by atomic mass is 79.9. The summed E-state index contributed by atoms with van der Waals surface area (Å²) in [5, 5.41) is 0. The van der Waals surface area contributed by atoms with Crippen molar-refractivity contribution in [3.8, 4) is 11.5 Å². The number of nitrogens with zero attached hydrogens (tertiary/aromatic N) is 1. The third kappa shape index (κ3) is 6.41. The molecule has 0 aromatic heterocycles. The van der Waals surface area contributed by atoms with Crippen molar-refractivity contribution in [2.75, 3.05) is 33.4 Å². The monoisotopic (exact) mass is 459 g/mol. The van der Waals surface area contributed by atoms with E-state index in [4.69, 9.17) is 9.47 Å². The summed E-state index contributed by atoms with van der Waals surface area (Å²) in [5.41, 5.74) is 1.16. The Morgan fingerprint density at radius 1 is 1.00 bits per heavy atom. The van der Waals surface area contributed by atoms with Gasteiger partial charge >= 0.3 is 6.18 Å². The summed E-state index contributed by atoms with van der Waals surface area (Å²) in [4.78, 5) is 1.49. The number of alkyl halides is 3. The number of halogens is 4. The largest absolute Gasteiger partial charge is 0.497 e. The van der Waals surface area contributed by atoms with Crippen LogP contribution < -0.4 is 9.47 Å². The average Bonchev–Trinajstić information content (AvgIpc) is 2.66. The van der Waals surface area contributed by atoms with Crippen LogP contribution in [0.25, 0.3) is 0 Å². The fraction of sp³-hybridized carbons (Fsp3) is 0.429. The van der Waals surface area contributed by atoms with Gasteiger partial charge in [-0.1, -0.05) is 30.3 Å². The Hall–Kier alpha value is -1.73. The Bertz CT molecular complexity index is 710. The zero-order valence-corrected chi connectivity index (χ0v) is 17.4. The molecule has 1 saturated heterocycles. The number of hydrogen-bond acceptors (Lipinski definition) is 3. The van der Waals surface area contributed by atoms with Crippen LogP contribution in [-0.2, 0) is 0 Å². The third-order valence-electron chi connectivity index (χ3n) is 4.97. The first-order valence-electron chi connectivity index (χ1n) is 9.05. The van der Waals surface area contributed by atoms with Crippen molar-refractivity contribution in [3.63, 3.8) is 0 Å². The van der Waals surface area contributed by atoms with Gasteiger partial charge in [-0.25, -0.2) is 0 Å². The van der Waals surface area contributed by atoms with Gasteiger partial charge in [0.15, 0.2) is 0 Å². The van der Waals surface area contributed by atoms with Crippen LogP contribution in [0, 0.1) is 5.92 Å². The lowest BCUT2D eigenvalue weighted by Gasteiger charge is -2.39. The molecule has 1 aliphatic heterocycles. The zero-order chi connectivity index (χ0) is 19.3. The van der Waals surface area contributed by atoms with Gasteiger partial charge in [0.25, 0.3) is 0 Å². The van der Waals surface area contributed by atoms with Crippen molar-refractivity contribution in [1.29, 1.82) is 0 Å². The molecule has 0 aliphatic carbocycles. The lowest BCUT2D eigenvalue weighted by atomic mass is 9.81. The van der Waals surface area contributed by atoms with E-state index in [1.807, 2.05) is 42.5 Å². The Morgan fingerprint density at radius 3 is 2.25 bits per heavy atom. The smallest absolute Gasteiger partial charge is 0.401 e. The fourth-order valence-electron chi connectivity index (χ4n) is 3.69. The van der Waals surface area contributed by atoms with Gasteiger partial charge in [0.1, 0.15) is 11.5 Å². The minimum absolute atomic E-state index is 0. The Balaban J connectivity index is 0.00000280. The topological polar surface area (TPSA) is 21.7 Å². The third-order valence-corrected chi connectivity index (χ3v) is 4.97. The second-order valence-corrected chi connectivity index (χ2v) is 6.90. The van der Waals surface area contributed by atoms with E-state index in [2.05, 4.69) is 0 Å². The molecule has 28 heavy (non-hydrogen) atoms. The van der Waals surface area contributed by atoms with E-state index in [9.17, 15) is 13.2 Å². The second kappa shape index (κ2) is 10.2. The Kier molecular flexibility index (Phi) is 8.19. The van der Waals surface area contributed by atoms with Crippen molar-refractivity contribution < 1.29 is 22.6 Å². The minimum atomic E-state index is -4.18. The molecule has 0 bridgehead atoms. The standard InChI is InChI=1S/C21H24F3NO2.BrH/c1-26-18-7-9-19(10-8-18)27-14-17-13-25(15-21(22,23)24)12-11-20(17)16-5-3-2-4-6-16;/h2-10,17,20H,11-15H2,1H3;1H/t17-,20+;/m0./s1. The molecule has 0 unspecified atom stereocenters. The number of rotatable bonds is 6. The number of likely N-dealkylation sites (tertiary alicyclic amines) is 1. The number of piperidine rings is 1. The number of benzene rings is 2.